The van der Waals surface area contributed by atoms with Gasteiger partial charge < -0.3 is 15.8 Å². The Bertz CT molecular complexity index is 396. The summed E-state index contributed by atoms with van der Waals surface area (Å²) in [6.07, 6.45) is 1.91. The summed E-state index contributed by atoms with van der Waals surface area (Å²) in [5.74, 6) is 3.75. The van der Waals surface area contributed by atoms with Crippen LogP contribution in [0.3, 0.4) is 0 Å². The molecule has 0 amide bonds. The highest BCUT2D eigenvalue weighted by molar-refractivity contribution is 7.99. The summed E-state index contributed by atoms with van der Waals surface area (Å²) < 4.78 is 5.59. The van der Waals surface area contributed by atoms with Gasteiger partial charge in [-0.2, -0.15) is 16.7 Å². The van der Waals surface area contributed by atoms with Crippen LogP contribution in [0, 0.1) is 5.92 Å². The van der Waals surface area contributed by atoms with Crippen LogP contribution in [-0.4, -0.2) is 29.6 Å². The molecular formula is C14H23N3OS. The average Bonchev–Trinajstić information content (AvgIpc) is 2.38. The quantitative estimate of drug-likeness (QED) is 0.538. The SMILES string of the molecule is C=CCSCCNc1ccc(N)c(OCC(C)C)n1. The Labute approximate surface area is 119 Å². The van der Waals surface area contributed by atoms with Gasteiger partial charge in [-0.15, -0.1) is 6.58 Å². The molecule has 1 rings (SSSR count). The molecule has 5 heteroatoms. The first-order chi connectivity index (χ1) is 9.13. The predicted octanol–water partition coefficient (Wildman–Crippen LogP) is 3.03. The van der Waals surface area contributed by atoms with Gasteiger partial charge in [0.25, 0.3) is 0 Å². The number of nitrogen functional groups attached to an aromatic ring is 1. The van der Waals surface area contributed by atoms with Gasteiger partial charge >= 0.3 is 0 Å². The van der Waals surface area contributed by atoms with E-state index in [-0.39, 0.29) is 0 Å². The number of nitrogens with zero attached hydrogens (tertiary/aromatic N) is 1. The van der Waals surface area contributed by atoms with E-state index in [0.29, 0.717) is 24.1 Å². The number of nitrogens with one attached hydrogen (secondary N) is 1. The molecule has 0 bridgehead atoms. The summed E-state index contributed by atoms with van der Waals surface area (Å²) in [4.78, 5) is 4.37. The molecule has 106 valence electrons. The lowest BCUT2D eigenvalue weighted by atomic mass is 10.2. The van der Waals surface area contributed by atoms with E-state index in [1.807, 2.05) is 30.0 Å². The highest BCUT2D eigenvalue weighted by Crippen LogP contribution is 2.21. The summed E-state index contributed by atoms with van der Waals surface area (Å²) >= 11 is 1.83. The Morgan fingerprint density at radius 1 is 1.53 bits per heavy atom. The van der Waals surface area contributed by atoms with E-state index >= 15 is 0 Å². The van der Waals surface area contributed by atoms with Gasteiger partial charge in [0.2, 0.25) is 5.88 Å². The number of thioether (sulfide) groups is 1. The zero-order valence-corrected chi connectivity index (χ0v) is 12.5. The summed E-state index contributed by atoms with van der Waals surface area (Å²) in [6, 6.07) is 3.69. The molecule has 1 heterocycles. The molecule has 0 unspecified atom stereocenters. The van der Waals surface area contributed by atoms with Crippen molar-refractivity contribution in [3.05, 3.63) is 24.8 Å². The van der Waals surface area contributed by atoms with Gasteiger partial charge in [0.15, 0.2) is 0 Å². The number of anilines is 2. The Hall–Kier alpha value is -1.36. The van der Waals surface area contributed by atoms with Crippen molar-refractivity contribution in [2.45, 2.75) is 13.8 Å². The van der Waals surface area contributed by atoms with E-state index < -0.39 is 0 Å². The second kappa shape index (κ2) is 8.69. The maximum absolute atomic E-state index is 5.84. The van der Waals surface area contributed by atoms with Crippen molar-refractivity contribution in [3.63, 3.8) is 0 Å². The molecule has 19 heavy (non-hydrogen) atoms. The van der Waals surface area contributed by atoms with Crippen LogP contribution < -0.4 is 15.8 Å². The van der Waals surface area contributed by atoms with Crippen LogP contribution >= 0.6 is 11.8 Å². The number of aromatic nitrogens is 1. The van der Waals surface area contributed by atoms with Gasteiger partial charge in [-0.25, -0.2) is 0 Å². The minimum absolute atomic E-state index is 0.452. The second-order valence-corrected chi connectivity index (χ2v) is 5.74. The Balaban J connectivity index is 2.45. The molecule has 1 aromatic rings. The molecule has 0 aliphatic carbocycles. The van der Waals surface area contributed by atoms with Crippen LogP contribution in [0.2, 0.25) is 0 Å². The van der Waals surface area contributed by atoms with Crippen molar-refractivity contribution >= 4 is 23.3 Å². The van der Waals surface area contributed by atoms with Crippen molar-refractivity contribution in [1.82, 2.24) is 4.98 Å². The van der Waals surface area contributed by atoms with Gasteiger partial charge in [-0.1, -0.05) is 19.9 Å². The summed E-state index contributed by atoms with van der Waals surface area (Å²) in [7, 11) is 0. The molecule has 0 spiro atoms. The van der Waals surface area contributed by atoms with Gasteiger partial charge in [0, 0.05) is 18.1 Å². The topological polar surface area (TPSA) is 60.2 Å². The minimum Gasteiger partial charge on any atom is -0.476 e. The number of hydrogen-bond donors (Lipinski definition) is 2. The van der Waals surface area contributed by atoms with Gasteiger partial charge in [0.05, 0.1) is 12.3 Å². The fourth-order valence-electron chi connectivity index (χ4n) is 1.33. The van der Waals surface area contributed by atoms with Crippen molar-refractivity contribution in [2.75, 3.05) is 35.7 Å². The minimum atomic E-state index is 0.452. The number of rotatable bonds is 9. The largest absolute Gasteiger partial charge is 0.476 e. The van der Waals surface area contributed by atoms with Crippen LogP contribution in [0.15, 0.2) is 24.8 Å². The van der Waals surface area contributed by atoms with E-state index in [4.69, 9.17) is 10.5 Å². The molecule has 0 fully saturated rings. The van der Waals surface area contributed by atoms with Gasteiger partial charge in [0.1, 0.15) is 5.82 Å². The summed E-state index contributed by atoms with van der Waals surface area (Å²) in [6.45, 7) is 9.35. The number of pyridine rings is 1. The number of ether oxygens (including phenoxy) is 1. The smallest absolute Gasteiger partial charge is 0.239 e. The molecule has 0 atom stereocenters. The van der Waals surface area contributed by atoms with Crippen molar-refractivity contribution in [2.24, 2.45) is 5.92 Å². The lowest BCUT2D eigenvalue weighted by Gasteiger charge is -2.12. The monoisotopic (exact) mass is 281 g/mol. The molecule has 0 saturated carbocycles. The third-order valence-electron chi connectivity index (χ3n) is 2.23. The predicted molar refractivity (Wildman–Crippen MR) is 85.0 cm³/mol. The zero-order valence-electron chi connectivity index (χ0n) is 11.7. The molecule has 1 aromatic heterocycles. The van der Waals surface area contributed by atoms with Gasteiger partial charge in [-0.05, 0) is 18.1 Å². The molecule has 4 nitrogen and oxygen atoms in total. The fourth-order valence-corrected chi connectivity index (χ4v) is 1.91. The summed E-state index contributed by atoms with van der Waals surface area (Å²) in [5.41, 5.74) is 6.42. The molecule has 0 aliphatic heterocycles. The van der Waals surface area contributed by atoms with Crippen LogP contribution in [0.25, 0.3) is 0 Å². The third-order valence-corrected chi connectivity index (χ3v) is 3.20. The lowest BCUT2D eigenvalue weighted by Crippen LogP contribution is -2.10. The van der Waals surface area contributed by atoms with E-state index in [0.717, 1.165) is 23.9 Å². The standard InChI is InChI=1S/C14H23N3OS/c1-4-8-19-9-7-16-13-6-5-12(15)14(17-13)18-10-11(2)3/h4-6,11H,1,7-10,15H2,2-3H3,(H,16,17). The van der Waals surface area contributed by atoms with Gasteiger partial charge in [-0.3, -0.25) is 0 Å². The first kappa shape index (κ1) is 15.7. The second-order valence-electron chi connectivity index (χ2n) is 4.59. The molecule has 0 saturated heterocycles. The van der Waals surface area contributed by atoms with Crippen molar-refractivity contribution in [3.8, 4) is 5.88 Å². The molecular weight excluding hydrogens is 258 g/mol. The Kier molecular flexibility index (Phi) is 7.18. The molecule has 0 radical (unpaired) electrons. The highest BCUT2D eigenvalue weighted by atomic mass is 32.2. The Morgan fingerprint density at radius 2 is 2.32 bits per heavy atom. The fraction of sp³-hybridized carbons (Fsp3) is 0.500. The summed E-state index contributed by atoms with van der Waals surface area (Å²) in [5, 5.41) is 3.26. The van der Waals surface area contributed by atoms with E-state index in [2.05, 4.69) is 30.7 Å². The Morgan fingerprint density at radius 3 is 3.00 bits per heavy atom. The average molecular weight is 281 g/mol. The number of hydrogen-bond acceptors (Lipinski definition) is 5. The number of nitrogens with two attached hydrogens (primary N) is 1. The van der Waals surface area contributed by atoms with Crippen molar-refractivity contribution in [1.29, 1.82) is 0 Å². The van der Waals surface area contributed by atoms with E-state index in [1.165, 1.54) is 0 Å². The van der Waals surface area contributed by atoms with Crippen molar-refractivity contribution < 1.29 is 4.74 Å². The molecule has 3 N–H and O–H groups in total. The van der Waals surface area contributed by atoms with Crippen LogP contribution in [0.1, 0.15) is 13.8 Å². The first-order valence-corrected chi connectivity index (χ1v) is 7.60. The maximum atomic E-state index is 5.84. The molecule has 0 aromatic carbocycles. The zero-order chi connectivity index (χ0) is 14.1. The third kappa shape index (κ3) is 6.38. The van der Waals surface area contributed by atoms with E-state index in [1.54, 1.807) is 0 Å². The normalized spacial score (nSPS) is 10.5. The lowest BCUT2D eigenvalue weighted by molar-refractivity contribution is 0.263. The van der Waals surface area contributed by atoms with Crippen LogP contribution in [-0.2, 0) is 0 Å². The van der Waals surface area contributed by atoms with Crippen LogP contribution in [0.5, 0.6) is 5.88 Å². The molecule has 0 aliphatic rings. The first-order valence-electron chi connectivity index (χ1n) is 6.45. The van der Waals surface area contributed by atoms with Crippen LogP contribution in [0.4, 0.5) is 11.5 Å². The van der Waals surface area contributed by atoms with E-state index in [9.17, 15) is 0 Å². The highest BCUT2D eigenvalue weighted by Gasteiger charge is 2.05. The maximum Gasteiger partial charge on any atom is 0.239 e.